The zero-order valence-corrected chi connectivity index (χ0v) is 14.1. The van der Waals surface area contributed by atoms with Crippen molar-refractivity contribution in [1.82, 2.24) is 10.2 Å². The predicted molar refractivity (Wildman–Crippen MR) is 90.7 cm³/mol. The van der Waals surface area contributed by atoms with Gasteiger partial charge < -0.3 is 4.42 Å². The van der Waals surface area contributed by atoms with Gasteiger partial charge in [0.1, 0.15) is 5.82 Å². The lowest BCUT2D eigenvalue weighted by atomic mass is 10.1. The van der Waals surface area contributed by atoms with E-state index in [4.69, 9.17) is 4.42 Å². The Morgan fingerprint density at radius 3 is 2.58 bits per heavy atom. The highest BCUT2D eigenvalue weighted by molar-refractivity contribution is 7.99. The molecule has 0 aliphatic carbocycles. The van der Waals surface area contributed by atoms with Crippen LogP contribution in [0.25, 0.3) is 11.5 Å². The maximum Gasteiger partial charge on any atom is 0.277 e. The Hall–Kier alpha value is -2.47. The van der Waals surface area contributed by atoms with Crippen molar-refractivity contribution in [2.24, 2.45) is 0 Å². The molecule has 0 radical (unpaired) electrons. The summed E-state index contributed by atoms with van der Waals surface area (Å²) < 4.78 is 18.8. The average Bonchev–Trinajstić information content (AvgIpc) is 3.00. The van der Waals surface area contributed by atoms with Crippen molar-refractivity contribution in [2.45, 2.75) is 19.1 Å². The van der Waals surface area contributed by atoms with Crippen molar-refractivity contribution in [3.05, 3.63) is 65.0 Å². The molecule has 122 valence electrons. The molecule has 1 heterocycles. The monoisotopic (exact) mass is 342 g/mol. The van der Waals surface area contributed by atoms with Gasteiger partial charge >= 0.3 is 0 Å². The van der Waals surface area contributed by atoms with Crippen molar-refractivity contribution in [3.8, 4) is 11.5 Å². The van der Waals surface area contributed by atoms with E-state index >= 15 is 0 Å². The van der Waals surface area contributed by atoms with Gasteiger partial charge in [0.25, 0.3) is 5.22 Å². The molecule has 4 nitrogen and oxygen atoms in total. The number of Topliss-reactive ketones (excluding diaryl/α,β-unsaturated/α-hetero) is 1. The van der Waals surface area contributed by atoms with Gasteiger partial charge in [-0.3, -0.25) is 4.79 Å². The van der Waals surface area contributed by atoms with Crippen molar-refractivity contribution < 1.29 is 13.6 Å². The molecule has 0 aliphatic heterocycles. The van der Waals surface area contributed by atoms with Crippen LogP contribution < -0.4 is 0 Å². The highest BCUT2D eigenvalue weighted by Crippen LogP contribution is 2.25. The molecule has 0 unspecified atom stereocenters. The molecule has 3 aromatic rings. The van der Waals surface area contributed by atoms with Crippen LogP contribution in [0.5, 0.6) is 0 Å². The Balaban J connectivity index is 1.69. The summed E-state index contributed by atoms with van der Waals surface area (Å²) in [5, 5.41) is 8.29. The molecule has 24 heavy (non-hydrogen) atoms. The number of hydrogen-bond donors (Lipinski definition) is 0. The van der Waals surface area contributed by atoms with Gasteiger partial charge in [-0.1, -0.05) is 41.1 Å². The fourth-order valence-electron chi connectivity index (χ4n) is 2.36. The van der Waals surface area contributed by atoms with E-state index in [1.807, 2.05) is 26.0 Å². The average molecular weight is 342 g/mol. The first-order valence-corrected chi connectivity index (χ1v) is 8.33. The summed E-state index contributed by atoms with van der Waals surface area (Å²) in [6.07, 6.45) is 0. The molecule has 0 atom stereocenters. The highest BCUT2D eigenvalue weighted by atomic mass is 32.2. The van der Waals surface area contributed by atoms with E-state index in [0.29, 0.717) is 16.7 Å². The van der Waals surface area contributed by atoms with E-state index in [1.54, 1.807) is 6.07 Å². The molecule has 0 bridgehead atoms. The van der Waals surface area contributed by atoms with Crippen molar-refractivity contribution >= 4 is 17.5 Å². The number of hydrogen-bond acceptors (Lipinski definition) is 5. The van der Waals surface area contributed by atoms with E-state index in [-0.39, 0.29) is 11.5 Å². The van der Waals surface area contributed by atoms with Gasteiger partial charge in [-0.25, -0.2) is 4.39 Å². The van der Waals surface area contributed by atoms with Crippen LogP contribution in [0.2, 0.25) is 0 Å². The van der Waals surface area contributed by atoms with Crippen LogP contribution in [0.4, 0.5) is 4.39 Å². The van der Waals surface area contributed by atoms with Crippen LogP contribution in [0.15, 0.2) is 52.1 Å². The third-order valence-corrected chi connectivity index (χ3v) is 4.17. The molecule has 0 spiro atoms. The molecule has 0 N–H and O–H groups in total. The first-order chi connectivity index (χ1) is 11.5. The minimum atomic E-state index is -0.430. The van der Waals surface area contributed by atoms with Crippen LogP contribution in [-0.4, -0.2) is 21.7 Å². The minimum absolute atomic E-state index is 0.109. The van der Waals surface area contributed by atoms with Gasteiger partial charge in [0.05, 0.1) is 5.75 Å². The van der Waals surface area contributed by atoms with Crippen molar-refractivity contribution in [1.29, 1.82) is 0 Å². The lowest BCUT2D eigenvalue weighted by Crippen LogP contribution is -2.02. The molecule has 0 amide bonds. The van der Waals surface area contributed by atoms with Gasteiger partial charge in [0.2, 0.25) is 5.89 Å². The molecule has 0 saturated heterocycles. The highest BCUT2D eigenvalue weighted by Gasteiger charge is 2.13. The summed E-state index contributed by atoms with van der Waals surface area (Å²) in [6, 6.07) is 11.6. The quantitative estimate of drug-likeness (QED) is 0.506. The fourth-order valence-corrected chi connectivity index (χ4v) is 3.01. The van der Waals surface area contributed by atoms with Crippen LogP contribution >= 0.6 is 11.8 Å². The van der Waals surface area contributed by atoms with Crippen LogP contribution in [0.3, 0.4) is 0 Å². The Bertz CT molecular complexity index is 872. The summed E-state index contributed by atoms with van der Waals surface area (Å²) in [6.45, 7) is 4.00. The predicted octanol–water partition coefficient (Wildman–Crippen LogP) is 4.47. The summed E-state index contributed by atoms with van der Waals surface area (Å²) in [4.78, 5) is 12.1. The molecule has 0 aliphatic rings. The molecular formula is C18H15FN2O2S. The Kier molecular flexibility index (Phi) is 4.76. The first kappa shape index (κ1) is 16.4. The van der Waals surface area contributed by atoms with E-state index in [0.717, 1.165) is 28.5 Å². The number of carbonyl (C=O) groups is 1. The standard InChI is InChI=1S/C18H15FN2O2S/c1-11-6-12(2)8-14(7-11)17-20-21-18(23-17)24-10-16(22)13-4-3-5-15(19)9-13/h3-9H,10H2,1-2H3. The van der Waals surface area contributed by atoms with Gasteiger partial charge in [0.15, 0.2) is 5.78 Å². The third-order valence-electron chi connectivity index (χ3n) is 3.35. The van der Waals surface area contributed by atoms with Crippen molar-refractivity contribution in [3.63, 3.8) is 0 Å². The van der Waals surface area contributed by atoms with E-state index in [9.17, 15) is 9.18 Å². The molecular weight excluding hydrogens is 327 g/mol. The molecule has 0 fully saturated rings. The number of ketones is 1. The summed E-state index contributed by atoms with van der Waals surface area (Å²) in [7, 11) is 0. The maximum atomic E-state index is 13.1. The van der Waals surface area contributed by atoms with Crippen LogP contribution in [-0.2, 0) is 0 Å². The van der Waals surface area contributed by atoms with E-state index < -0.39 is 5.82 Å². The van der Waals surface area contributed by atoms with Gasteiger partial charge in [-0.15, -0.1) is 10.2 Å². The second-order valence-corrected chi connectivity index (χ2v) is 6.40. The number of benzene rings is 2. The van der Waals surface area contributed by atoms with Crippen molar-refractivity contribution in [2.75, 3.05) is 5.75 Å². The van der Waals surface area contributed by atoms with E-state index in [2.05, 4.69) is 16.3 Å². The van der Waals surface area contributed by atoms with E-state index in [1.165, 1.54) is 18.2 Å². The first-order valence-electron chi connectivity index (χ1n) is 7.35. The number of nitrogens with zero attached hydrogens (tertiary/aromatic N) is 2. The molecule has 1 aromatic heterocycles. The van der Waals surface area contributed by atoms with Gasteiger partial charge in [-0.2, -0.15) is 0 Å². The zero-order valence-electron chi connectivity index (χ0n) is 13.2. The topological polar surface area (TPSA) is 56.0 Å². The smallest absolute Gasteiger partial charge is 0.277 e. The number of aromatic nitrogens is 2. The van der Waals surface area contributed by atoms with Gasteiger partial charge in [0, 0.05) is 11.1 Å². The van der Waals surface area contributed by atoms with Crippen LogP contribution in [0.1, 0.15) is 21.5 Å². The lowest BCUT2D eigenvalue weighted by Gasteiger charge is -2.00. The normalized spacial score (nSPS) is 10.8. The third kappa shape index (κ3) is 3.89. The maximum absolute atomic E-state index is 13.1. The minimum Gasteiger partial charge on any atom is -0.411 e. The number of aryl methyl sites for hydroxylation is 2. The Morgan fingerprint density at radius 1 is 1.12 bits per heavy atom. The SMILES string of the molecule is Cc1cc(C)cc(-c2nnc(SCC(=O)c3cccc(F)c3)o2)c1. The summed E-state index contributed by atoms with van der Waals surface area (Å²) in [5.41, 5.74) is 3.40. The second-order valence-electron chi connectivity index (χ2n) is 5.47. The second kappa shape index (κ2) is 6.97. The molecule has 6 heteroatoms. The van der Waals surface area contributed by atoms with Crippen LogP contribution in [0, 0.1) is 19.7 Å². The molecule has 0 saturated carbocycles. The number of rotatable bonds is 5. The lowest BCUT2D eigenvalue weighted by molar-refractivity contribution is 0.102. The fraction of sp³-hybridized carbons (Fsp3) is 0.167. The number of carbonyl (C=O) groups excluding carboxylic acids is 1. The number of halogens is 1. The largest absolute Gasteiger partial charge is 0.411 e. The Labute approximate surface area is 143 Å². The molecule has 2 aromatic carbocycles. The van der Waals surface area contributed by atoms with Gasteiger partial charge in [-0.05, 0) is 38.1 Å². The zero-order chi connectivity index (χ0) is 17.1. The molecule has 3 rings (SSSR count). The summed E-state index contributed by atoms with van der Waals surface area (Å²) >= 11 is 1.14. The summed E-state index contributed by atoms with van der Waals surface area (Å²) in [5.74, 6) is -0.0910. The Morgan fingerprint density at radius 2 is 1.88 bits per heavy atom. The number of thioether (sulfide) groups is 1.